The molecule has 0 aliphatic rings. The van der Waals surface area contributed by atoms with Crippen molar-refractivity contribution in [2.24, 2.45) is 0 Å². The van der Waals surface area contributed by atoms with Crippen LogP contribution in [0.2, 0.25) is 0 Å². The van der Waals surface area contributed by atoms with Crippen LogP contribution in [0.25, 0.3) is 0 Å². The Morgan fingerprint density at radius 3 is 2.60 bits per heavy atom. The summed E-state index contributed by atoms with van der Waals surface area (Å²) >= 11 is 4.75. The first kappa shape index (κ1) is 15.6. The second kappa shape index (κ2) is 5.93. The second-order valence-corrected chi connectivity index (χ2v) is 8.03. The summed E-state index contributed by atoms with van der Waals surface area (Å²) in [5.41, 5.74) is 1.90. The Balaban J connectivity index is 2.27. The number of aromatic nitrogens is 1. The lowest BCUT2D eigenvalue weighted by molar-refractivity contribution is 0.565. The van der Waals surface area contributed by atoms with Crippen molar-refractivity contribution in [2.75, 3.05) is 0 Å². The van der Waals surface area contributed by atoms with Crippen LogP contribution >= 0.6 is 27.3 Å². The van der Waals surface area contributed by atoms with Crippen molar-refractivity contribution in [3.8, 4) is 0 Å². The molecule has 0 fully saturated rings. The number of nitrogens with zero attached hydrogens (tertiary/aromatic N) is 1. The third-order valence-corrected chi connectivity index (χ3v) is 6.38. The van der Waals surface area contributed by atoms with Crippen LogP contribution in [0.1, 0.15) is 29.2 Å². The molecule has 108 valence electrons. The number of hydrogen-bond donors (Lipinski definition) is 1. The number of benzene rings is 1. The number of nitrogens with one attached hydrogen (secondary N) is 1. The van der Waals surface area contributed by atoms with Crippen molar-refractivity contribution in [1.29, 1.82) is 0 Å². The molecule has 1 aromatic carbocycles. The first-order chi connectivity index (χ1) is 9.29. The van der Waals surface area contributed by atoms with Crippen molar-refractivity contribution in [3.63, 3.8) is 0 Å². The molecule has 0 saturated heterocycles. The first-order valence-electron chi connectivity index (χ1n) is 6.00. The van der Waals surface area contributed by atoms with Gasteiger partial charge in [0.2, 0.25) is 10.0 Å². The summed E-state index contributed by atoms with van der Waals surface area (Å²) in [6.45, 7) is 5.59. The van der Waals surface area contributed by atoms with E-state index in [4.69, 9.17) is 0 Å². The van der Waals surface area contributed by atoms with E-state index in [-0.39, 0.29) is 10.9 Å². The average Bonchev–Trinajstić information content (AvgIpc) is 2.74. The molecule has 7 heteroatoms. The second-order valence-electron chi connectivity index (χ2n) is 4.60. The van der Waals surface area contributed by atoms with Crippen molar-refractivity contribution >= 4 is 37.3 Å². The van der Waals surface area contributed by atoms with Crippen molar-refractivity contribution < 1.29 is 8.42 Å². The van der Waals surface area contributed by atoms with Crippen LogP contribution in [0, 0.1) is 13.8 Å². The van der Waals surface area contributed by atoms with Crippen LogP contribution in [-0.4, -0.2) is 13.4 Å². The highest BCUT2D eigenvalue weighted by Gasteiger charge is 2.22. The highest BCUT2D eigenvalue weighted by Crippen LogP contribution is 2.25. The molecular formula is C13H15BrN2O2S2. The molecular weight excluding hydrogens is 360 g/mol. The predicted molar refractivity (Wildman–Crippen MR) is 84.5 cm³/mol. The van der Waals surface area contributed by atoms with Crippen LogP contribution in [0.5, 0.6) is 0 Å². The highest BCUT2D eigenvalue weighted by molar-refractivity contribution is 9.10. The molecule has 0 radical (unpaired) electrons. The molecule has 1 unspecified atom stereocenters. The maximum atomic E-state index is 12.4. The Labute approximate surface area is 131 Å². The average molecular weight is 375 g/mol. The Hall–Kier alpha value is -0.760. The fourth-order valence-electron chi connectivity index (χ4n) is 1.74. The van der Waals surface area contributed by atoms with Crippen molar-refractivity contribution in [3.05, 3.63) is 44.3 Å². The summed E-state index contributed by atoms with van der Waals surface area (Å²) < 4.78 is 28.0. The van der Waals surface area contributed by atoms with Gasteiger partial charge in [0.25, 0.3) is 0 Å². The zero-order chi connectivity index (χ0) is 14.9. The van der Waals surface area contributed by atoms with E-state index in [0.29, 0.717) is 4.47 Å². The molecule has 1 atom stereocenters. The summed E-state index contributed by atoms with van der Waals surface area (Å²) in [6.07, 6.45) is 0. The molecule has 2 rings (SSSR count). The van der Waals surface area contributed by atoms with Gasteiger partial charge in [-0.25, -0.2) is 18.1 Å². The third kappa shape index (κ3) is 3.46. The monoisotopic (exact) mass is 374 g/mol. The molecule has 1 N–H and O–H groups in total. The molecule has 0 spiro atoms. The standard InChI is InChI=1S/C13H15BrN2O2S2/c1-8-4-5-12(11(14)6-8)20(17,18)16-10(3)13-15-9(2)7-19-13/h4-7,10,16H,1-3H3. The highest BCUT2D eigenvalue weighted by atomic mass is 79.9. The lowest BCUT2D eigenvalue weighted by Crippen LogP contribution is -2.27. The van der Waals surface area contributed by atoms with Crippen LogP contribution in [0.4, 0.5) is 0 Å². The summed E-state index contributed by atoms with van der Waals surface area (Å²) in [7, 11) is -3.58. The van der Waals surface area contributed by atoms with E-state index in [0.717, 1.165) is 16.3 Å². The number of rotatable bonds is 4. The van der Waals surface area contributed by atoms with E-state index in [2.05, 4.69) is 25.6 Å². The summed E-state index contributed by atoms with van der Waals surface area (Å²) in [5.74, 6) is 0. The van der Waals surface area contributed by atoms with E-state index < -0.39 is 10.0 Å². The van der Waals surface area contributed by atoms with Gasteiger partial charge in [-0.2, -0.15) is 0 Å². The molecule has 2 aromatic rings. The van der Waals surface area contributed by atoms with Gasteiger partial charge < -0.3 is 0 Å². The topological polar surface area (TPSA) is 59.1 Å². The van der Waals surface area contributed by atoms with Crippen LogP contribution < -0.4 is 4.72 Å². The zero-order valence-electron chi connectivity index (χ0n) is 11.3. The lowest BCUT2D eigenvalue weighted by Gasteiger charge is -2.13. The van der Waals surface area contributed by atoms with E-state index in [1.165, 1.54) is 11.3 Å². The van der Waals surface area contributed by atoms with Gasteiger partial charge in [0.1, 0.15) is 5.01 Å². The van der Waals surface area contributed by atoms with Crippen LogP contribution in [0.3, 0.4) is 0 Å². The molecule has 1 heterocycles. The minimum atomic E-state index is -3.58. The fraction of sp³-hybridized carbons (Fsp3) is 0.308. The fourth-order valence-corrected chi connectivity index (χ4v) is 5.02. The number of aryl methyl sites for hydroxylation is 2. The van der Waals surface area contributed by atoms with E-state index in [1.54, 1.807) is 25.1 Å². The Morgan fingerprint density at radius 1 is 1.35 bits per heavy atom. The number of halogens is 1. The van der Waals surface area contributed by atoms with Gasteiger partial charge in [-0.1, -0.05) is 6.07 Å². The molecule has 0 saturated carbocycles. The van der Waals surface area contributed by atoms with E-state index >= 15 is 0 Å². The van der Waals surface area contributed by atoms with Gasteiger partial charge in [-0.3, -0.25) is 0 Å². The maximum absolute atomic E-state index is 12.4. The van der Waals surface area contributed by atoms with Crippen LogP contribution in [-0.2, 0) is 10.0 Å². The third-order valence-electron chi connectivity index (χ3n) is 2.72. The Morgan fingerprint density at radius 2 is 2.05 bits per heavy atom. The van der Waals surface area contributed by atoms with Gasteiger partial charge in [0.15, 0.2) is 0 Å². The molecule has 0 aliphatic carbocycles. The molecule has 0 amide bonds. The van der Waals surface area contributed by atoms with Crippen LogP contribution in [0.15, 0.2) is 32.9 Å². The minimum absolute atomic E-state index is 0.239. The smallest absolute Gasteiger partial charge is 0.242 e. The Kier molecular flexibility index (Phi) is 4.63. The number of sulfonamides is 1. The molecule has 4 nitrogen and oxygen atoms in total. The summed E-state index contributed by atoms with van der Waals surface area (Å²) in [5, 5.41) is 2.66. The van der Waals surface area contributed by atoms with Gasteiger partial charge in [0, 0.05) is 15.5 Å². The van der Waals surface area contributed by atoms with Gasteiger partial charge in [0.05, 0.1) is 10.9 Å². The normalized spacial score (nSPS) is 13.4. The largest absolute Gasteiger partial charge is 0.245 e. The van der Waals surface area contributed by atoms with Crippen molar-refractivity contribution in [2.45, 2.75) is 31.7 Å². The minimum Gasteiger partial charge on any atom is -0.245 e. The SMILES string of the molecule is Cc1ccc(S(=O)(=O)NC(C)c2nc(C)cs2)c(Br)c1. The number of thiazole rings is 1. The molecule has 0 aliphatic heterocycles. The first-order valence-corrected chi connectivity index (χ1v) is 9.15. The molecule has 0 bridgehead atoms. The molecule has 1 aromatic heterocycles. The van der Waals surface area contributed by atoms with E-state index in [1.807, 2.05) is 19.2 Å². The van der Waals surface area contributed by atoms with Gasteiger partial charge in [-0.05, 0) is 54.4 Å². The van der Waals surface area contributed by atoms with E-state index in [9.17, 15) is 8.42 Å². The lowest BCUT2D eigenvalue weighted by atomic mass is 10.2. The zero-order valence-corrected chi connectivity index (χ0v) is 14.6. The predicted octanol–water partition coefficient (Wildman–Crippen LogP) is 3.56. The Bertz CT molecular complexity index is 726. The van der Waals surface area contributed by atoms with Gasteiger partial charge >= 0.3 is 0 Å². The summed E-state index contributed by atoms with van der Waals surface area (Å²) in [6, 6.07) is 4.80. The van der Waals surface area contributed by atoms with Crippen molar-refractivity contribution in [1.82, 2.24) is 9.71 Å². The van der Waals surface area contributed by atoms with Gasteiger partial charge in [-0.15, -0.1) is 11.3 Å². The number of hydrogen-bond acceptors (Lipinski definition) is 4. The molecule has 20 heavy (non-hydrogen) atoms. The maximum Gasteiger partial charge on any atom is 0.242 e. The quantitative estimate of drug-likeness (QED) is 0.889. The summed E-state index contributed by atoms with van der Waals surface area (Å²) in [4.78, 5) is 4.54.